The van der Waals surface area contributed by atoms with Crippen LogP contribution in [-0.4, -0.2) is 32.2 Å². The van der Waals surface area contributed by atoms with Crippen LogP contribution in [0.1, 0.15) is 40.4 Å². The maximum atomic E-state index is 13.6. The Morgan fingerprint density at radius 2 is 1.53 bits per heavy atom. The molecule has 38 heavy (non-hydrogen) atoms. The standard InChI is InChI=1S/C27H24ClF3N2O4S/c28-21-9-5-19(6-10-21)25(27(29,30)31)33-26(35)20-7-11-22(12-8-20)32-24(34)15-17-3-13-23(14-4-17)38(36,37)16-18-1-2-18/h3-14,18,25H,1-2,15-16H2,(H,32,34)(H,33,35)/t25-/m1/s1. The van der Waals surface area contributed by atoms with Crippen molar-refractivity contribution in [1.29, 1.82) is 0 Å². The summed E-state index contributed by atoms with van der Waals surface area (Å²) in [5.41, 5.74) is 0.784. The first-order chi connectivity index (χ1) is 17.9. The van der Waals surface area contributed by atoms with Crippen molar-refractivity contribution in [2.75, 3.05) is 11.1 Å². The first kappa shape index (κ1) is 27.7. The third kappa shape index (κ3) is 7.35. The second-order valence-electron chi connectivity index (χ2n) is 9.17. The number of alkyl halides is 3. The van der Waals surface area contributed by atoms with E-state index in [0.717, 1.165) is 12.8 Å². The molecule has 200 valence electrons. The number of amides is 2. The summed E-state index contributed by atoms with van der Waals surface area (Å²) in [7, 11) is -3.34. The van der Waals surface area contributed by atoms with Gasteiger partial charge in [-0.25, -0.2) is 8.42 Å². The monoisotopic (exact) mass is 564 g/mol. The van der Waals surface area contributed by atoms with Gasteiger partial charge >= 0.3 is 6.18 Å². The van der Waals surface area contributed by atoms with Crippen LogP contribution in [0.4, 0.5) is 18.9 Å². The third-order valence-electron chi connectivity index (χ3n) is 6.04. The van der Waals surface area contributed by atoms with Crippen LogP contribution >= 0.6 is 11.6 Å². The molecular weight excluding hydrogens is 541 g/mol. The highest BCUT2D eigenvalue weighted by Crippen LogP contribution is 2.34. The zero-order valence-electron chi connectivity index (χ0n) is 20.0. The maximum Gasteiger partial charge on any atom is 0.412 e. The Hall–Kier alpha value is -3.37. The molecule has 3 aromatic carbocycles. The molecule has 2 amide bonds. The molecule has 1 fully saturated rings. The van der Waals surface area contributed by atoms with E-state index in [1.165, 1.54) is 60.7 Å². The number of nitrogens with one attached hydrogen (secondary N) is 2. The van der Waals surface area contributed by atoms with E-state index in [1.807, 2.05) is 5.32 Å². The second-order valence-corrected chi connectivity index (χ2v) is 11.6. The predicted octanol–water partition coefficient (Wildman–Crippen LogP) is 5.74. The van der Waals surface area contributed by atoms with Crippen LogP contribution in [0, 0.1) is 5.92 Å². The van der Waals surface area contributed by atoms with Gasteiger partial charge in [-0.15, -0.1) is 0 Å². The van der Waals surface area contributed by atoms with Crippen LogP contribution in [0.25, 0.3) is 0 Å². The normalized spacial score (nSPS) is 14.5. The Morgan fingerprint density at radius 1 is 0.921 bits per heavy atom. The number of hydrogen-bond acceptors (Lipinski definition) is 4. The van der Waals surface area contributed by atoms with Gasteiger partial charge in [0.05, 0.1) is 17.1 Å². The number of carbonyl (C=O) groups excluding carboxylic acids is 2. The van der Waals surface area contributed by atoms with Crippen LogP contribution in [0.3, 0.4) is 0 Å². The molecule has 0 bridgehead atoms. The van der Waals surface area contributed by atoms with Crippen molar-refractivity contribution in [3.63, 3.8) is 0 Å². The van der Waals surface area contributed by atoms with Crippen molar-refractivity contribution in [3.05, 3.63) is 94.5 Å². The fourth-order valence-corrected chi connectivity index (χ4v) is 5.65. The van der Waals surface area contributed by atoms with E-state index < -0.39 is 28.0 Å². The highest BCUT2D eigenvalue weighted by atomic mass is 35.5. The molecule has 6 nitrogen and oxygen atoms in total. The van der Waals surface area contributed by atoms with Crippen molar-refractivity contribution in [2.24, 2.45) is 5.92 Å². The van der Waals surface area contributed by atoms with Crippen LogP contribution in [0.15, 0.2) is 77.7 Å². The first-order valence-corrected chi connectivity index (χ1v) is 13.8. The molecule has 0 aliphatic heterocycles. The van der Waals surface area contributed by atoms with E-state index in [1.54, 1.807) is 12.1 Å². The van der Waals surface area contributed by atoms with Gasteiger partial charge in [0.15, 0.2) is 15.9 Å². The molecule has 0 heterocycles. The van der Waals surface area contributed by atoms with Gasteiger partial charge in [-0.2, -0.15) is 13.2 Å². The smallest absolute Gasteiger partial charge is 0.337 e. The van der Waals surface area contributed by atoms with Gasteiger partial charge in [0.1, 0.15) is 0 Å². The summed E-state index contributed by atoms with van der Waals surface area (Å²) >= 11 is 5.75. The summed E-state index contributed by atoms with van der Waals surface area (Å²) < 4.78 is 65.4. The molecule has 4 rings (SSSR count). The number of hydrogen-bond donors (Lipinski definition) is 2. The number of carbonyl (C=O) groups is 2. The van der Waals surface area contributed by atoms with Crippen LogP contribution in [-0.2, 0) is 21.1 Å². The largest absolute Gasteiger partial charge is 0.412 e. The molecule has 0 saturated heterocycles. The summed E-state index contributed by atoms with van der Waals surface area (Å²) in [6.45, 7) is 0. The van der Waals surface area contributed by atoms with E-state index in [0.29, 0.717) is 11.3 Å². The fraction of sp³-hybridized carbons (Fsp3) is 0.259. The summed E-state index contributed by atoms with van der Waals surface area (Å²) in [5, 5.41) is 4.91. The lowest BCUT2D eigenvalue weighted by atomic mass is 10.1. The fourth-order valence-electron chi connectivity index (χ4n) is 3.83. The number of rotatable bonds is 9. The average Bonchev–Trinajstić information content (AvgIpc) is 3.66. The van der Waals surface area contributed by atoms with Crippen molar-refractivity contribution >= 4 is 38.9 Å². The van der Waals surface area contributed by atoms with Crippen LogP contribution in [0.2, 0.25) is 5.02 Å². The Labute approximate surface area is 223 Å². The zero-order valence-corrected chi connectivity index (χ0v) is 21.5. The summed E-state index contributed by atoms with van der Waals surface area (Å²) in [6, 6.07) is 14.4. The second kappa shape index (κ2) is 11.2. The lowest BCUT2D eigenvalue weighted by Gasteiger charge is -2.22. The van der Waals surface area contributed by atoms with E-state index >= 15 is 0 Å². The molecule has 2 N–H and O–H groups in total. The lowest BCUT2D eigenvalue weighted by molar-refractivity contribution is -0.155. The van der Waals surface area contributed by atoms with Gasteiger partial charge in [0, 0.05) is 16.3 Å². The Bertz CT molecular complexity index is 1400. The quantitative estimate of drug-likeness (QED) is 0.347. The topological polar surface area (TPSA) is 92.3 Å². The first-order valence-electron chi connectivity index (χ1n) is 11.8. The number of sulfone groups is 1. The number of anilines is 1. The predicted molar refractivity (Wildman–Crippen MR) is 138 cm³/mol. The van der Waals surface area contributed by atoms with Gasteiger partial charge in [-0.1, -0.05) is 35.9 Å². The molecule has 0 spiro atoms. The van der Waals surface area contributed by atoms with Gasteiger partial charge in [0.25, 0.3) is 5.91 Å². The highest BCUT2D eigenvalue weighted by molar-refractivity contribution is 7.91. The average molecular weight is 565 g/mol. The van der Waals surface area contributed by atoms with E-state index in [4.69, 9.17) is 11.6 Å². The van der Waals surface area contributed by atoms with Gasteiger partial charge in [-0.05, 0) is 78.4 Å². The summed E-state index contributed by atoms with van der Waals surface area (Å²) in [5.74, 6) is -0.941. The van der Waals surface area contributed by atoms with Gasteiger partial charge in [-0.3, -0.25) is 9.59 Å². The van der Waals surface area contributed by atoms with Crippen LogP contribution in [0.5, 0.6) is 0 Å². The Balaban J connectivity index is 1.34. The molecule has 1 aliphatic rings. The Kier molecular flexibility index (Phi) is 8.13. The number of halogens is 4. The zero-order chi connectivity index (χ0) is 27.5. The highest BCUT2D eigenvalue weighted by Gasteiger charge is 2.42. The molecule has 3 aromatic rings. The third-order valence-corrected chi connectivity index (χ3v) is 8.19. The number of benzene rings is 3. The molecule has 1 aliphatic carbocycles. The van der Waals surface area contributed by atoms with Crippen molar-refractivity contribution in [2.45, 2.75) is 36.4 Å². The van der Waals surface area contributed by atoms with Crippen molar-refractivity contribution < 1.29 is 31.2 Å². The van der Waals surface area contributed by atoms with Gasteiger partial charge < -0.3 is 10.6 Å². The van der Waals surface area contributed by atoms with E-state index in [9.17, 15) is 31.2 Å². The molecular formula is C27H24ClF3N2O4S. The van der Waals surface area contributed by atoms with Crippen molar-refractivity contribution in [1.82, 2.24) is 5.32 Å². The van der Waals surface area contributed by atoms with Gasteiger partial charge in [0.2, 0.25) is 5.91 Å². The molecule has 0 unspecified atom stereocenters. The lowest BCUT2D eigenvalue weighted by Crippen LogP contribution is -2.38. The molecule has 1 atom stereocenters. The van der Waals surface area contributed by atoms with E-state index in [-0.39, 0.29) is 45.0 Å². The minimum Gasteiger partial charge on any atom is -0.337 e. The minimum absolute atomic E-state index is 0.0143. The molecule has 1 saturated carbocycles. The van der Waals surface area contributed by atoms with E-state index in [2.05, 4.69) is 5.32 Å². The SMILES string of the molecule is O=C(Cc1ccc(S(=O)(=O)CC2CC2)cc1)Nc1ccc(C(=O)N[C@H](c2ccc(Cl)cc2)C(F)(F)F)cc1. The molecule has 0 aromatic heterocycles. The summed E-state index contributed by atoms with van der Waals surface area (Å²) in [6.07, 6.45) is -2.88. The van der Waals surface area contributed by atoms with Crippen molar-refractivity contribution in [3.8, 4) is 0 Å². The Morgan fingerprint density at radius 3 is 2.08 bits per heavy atom. The summed E-state index contributed by atoms with van der Waals surface area (Å²) in [4.78, 5) is 25.2. The minimum atomic E-state index is -4.73. The molecule has 11 heteroatoms. The van der Waals surface area contributed by atoms with Crippen LogP contribution < -0.4 is 10.6 Å². The molecule has 0 radical (unpaired) electrons. The maximum absolute atomic E-state index is 13.6.